The van der Waals surface area contributed by atoms with E-state index in [0.29, 0.717) is 19.6 Å². The first-order valence-corrected chi connectivity index (χ1v) is 9.52. The Balaban J connectivity index is 1.44. The van der Waals surface area contributed by atoms with Crippen molar-refractivity contribution in [1.82, 2.24) is 14.7 Å². The zero-order chi connectivity index (χ0) is 16.9. The zero-order valence-electron chi connectivity index (χ0n) is 14.2. The highest BCUT2D eigenvalue weighted by molar-refractivity contribution is 7.11. The Morgan fingerprint density at radius 3 is 2.42 bits per heavy atom. The molecule has 2 fully saturated rings. The molecule has 3 heterocycles. The molecule has 5 nitrogen and oxygen atoms in total. The molecule has 3 rings (SSSR count). The number of hydrogen-bond acceptors (Lipinski definition) is 4. The van der Waals surface area contributed by atoms with E-state index in [9.17, 15) is 9.59 Å². The summed E-state index contributed by atoms with van der Waals surface area (Å²) in [6.45, 7) is 7.30. The predicted molar refractivity (Wildman–Crippen MR) is 96.9 cm³/mol. The molecule has 2 amide bonds. The second kappa shape index (κ2) is 7.94. The Hall–Kier alpha value is -1.66. The molecule has 0 bridgehead atoms. The number of thiophene rings is 1. The molecule has 0 N–H and O–H groups in total. The van der Waals surface area contributed by atoms with Crippen LogP contribution in [-0.2, 0) is 9.59 Å². The van der Waals surface area contributed by atoms with Gasteiger partial charge in [-0.15, -0.1) is 11.3 Å². The number of likely N-dealkylation sites (tertiary alicyclic amines) is 1. The van der Waals surface area contributed by atoms with Crippen LogP contribution in [0, 0.1) is 6.92 Å². The molecular formula is C18H25N3O2S. The van der Waals surface area contributed by atoms with Crippen molar-refractivity contribution in [3.05, 3.63) is 28.0 Å². The molecule has 6 heteroatoms. The van der Waals surface area contributed by atoms with E-state index in [1.807, 2.05) is 21.3 Å². The molecule has 0 radical (unpaired) electrons. The summed E-state index contributed by atoms with van der Waals surface area (Å²) in [7, 11) is 0. The van der Waals surface area contributed by atoms with Gasteiger partial charge in [0.2, 0.25) is 11.8 Å². The van der Waals surface area contributed by atoms with Crippen LogP contribution in [-0.4, -0.2) is 72.3 Å². The number of piperazine rings is 1. The Morgan fingerprint density at radius 1 is 1.08 bits per heavy atom. The molecule has 1 aromatic rings. The topological polar surface area (TPSA) is 43.9 Å². The fraction of sp³-hybridized carbons (Fsp3) is 0.556. The summed E-state index contributed by atoms with van der Waals surface area (Å²) >= 11 is 1.65. The molecule has 0 aliphatic carbocycles. The average Bonchev–Trinajstić information content (AvgIpc) is 3.25. The number of aryl methyl sites for hydroxylation is 1. The molecule has 2 aliphatic rings. The van der Waals surface area contributed by atoms with Gasteiger partial charge in [-0.25, -0.2) is 0 Å². The lowest BCUT2D eigenvalue weighted by Gasteiger charge is -2.34. The van der Waals surface area contributed by atoms with E-state index >= 15 is 0 Å². The van der Waals surface area contributed by atoms with E-state index in [1.165, 1.54) is 5.56 Å². The Morgan fingerprint density at radius 2 is 1.79 bits per heavy atom. The molecule has 0 spiro atoms. The van der Waals surface area contributed by atoms with Crippen LogP contribution in [0.1, 0.15) is 23.3 Å². The Labute approximate surface area is 147 Å². The van der Waals surface area contributed by atoms with E-state index in [-0.39, 0.29) is 11.8 Å². The van der Waals surface area contributed by atoms with Crippen molar-refractivity contribution in [3.63, 3.8) is 0 Å². The summed E-state index contributed by atoms with van der Waals surface area (Å²) in [6, 6.07) is 2.06. The predicted octanol–water partition coefficient (Wildman–Crippen LogP) is 1.84. The number of carbonyl (C=O) groups excluding carboxylic acids is 2. The smallest absolute Gasteiger partial charge is 0.246 e. The summed E-state index contributed by atoms with van der Waals surface area (Å²) in [5, 5.41) is 2.04. The summed E-state index contributed by atoms with van der Waals surface area (Å²) in [4.78, 5) is 31.6. The third-order valence-corrected chi connectivity index (χ3v) is 5.76. The van der Waals surface area contributed by atoms with Crippen molar-refractivity contribution in [1.29, 1.82) is 0 Å². The summed E-state index contributed by atoms with van der Waals surface area (Å²) in [6.07, 6.45) is 5.84. The van der Waals surface area contributed by atoms with Gasteiger partial charge in [-0.2, -0.15) is 0 Å². The minimum absolute atomic E-state index is 0.0633. The molecule has 1 aromatic heterocycles. The first-order chi connectivity index (χ1) is 11.6. The number of nitrogens with zero attached hydrogens (tertiary/aromatic N) is 3. The highest BCUT2D eigenvalue weighted by Crippen LogP contribution is 2.17. The molecule has 0 atom stereocenters. The van der Waals surface area contributed by atoms with E-state index in [4.69, 9.17) is 0 Å². The molecule has 2 aliphatic heterocycles. The molecule has 0 unspecified atom stereocenters. The number of rotatable bonds is 4. The first-order valence-electron chi connectivity index (χ1n) is 8.65. The van der Waals surface area contributed by atoms with Crippen LogP contribution in [0.25, 0.3) is 6.08 Å². The normalized spacial score (nSPS) is 19.4. The second-order valence-corrected chi connectivity index (χ2v) is 7.44. The minimum atomic E-state index is 0.0633. The van der Waals surface area contributed by atoms with Crippen molar-refractivity contribution in [2.45, 2.75) is 19.8 Å². The Kier molecular flexibility index (Phi) is 5.68. The van der Waals surface area contributed by atoms with Crippen LogP contribution in [0.4, 0.5) is 0 Å². The highest BCUT2D eigenvalue weighted by Gasteiger charge is 2.24. The van der Waals surface area contributed by atoms with Gasteiger partial charge in [0, 0.05) is 50.2 Å². The van der Waals surface area contributed by atoms with E-state index in [1.54, 1.807) is 17.4 Å². The van der Waals surface area contributed by atoms with Gasteiger partial charge < -0.3 is 9.80 Å². The van der Waals surface area contributed by atoms with Crippen LogP contribution in [0.15, 0.2) is 17.5 Å². The fourth-order valence-electron chi connectivity index (χ4n) is 3.19. The minimum Gasteiger partial charge on any atom is -0.342 e. The van der Waals surface area contributed by atoms with Crippen LogP contribution in [0.3, 0.4) is 0 Å². The number of carbonyl (C=O) groups is 2. The van der Waals surface area contributed by atoms with Crippen LogP contribution < -0.4 is 0 Å². The monoisotopic (exact) mass is 347 g/mol. The van der Waals surface area contributed by atoms with Crippen LogP contribution >= 0.6 is 11.3 Å². The lowest BCUT2D eigenvalue weighted by Crippen LogP contribution is -2.51. The lowest BCUT2D eigenvalue weighted by atomic mass is 10.2. The van der Waals surface area contributed by atoms with E-state index in [2.05, 4.69) is 17.9 Å². The SMILES string of the molecule is Cc1ccsc1C=CC(=O)N1CCN(CC(=O)N2CCCC2)CC1. The van der Waals surface area contributed by atoms with Gasteiger partial charge in [0.05, 0.1) is 6.54 Å². The van der Waals surface area contributed by atoms with Crippen molar-refractivity contribution >= 4 is 29.2 Å². The Bertz CT molecular complexity index is 612. The van der Waals surface area contributed by atoms with Crippen LogP contribution in [0.2, 0.25) is 0 Å². The van der Waals surface area contributed by atoms with Crippen molar-refractivity contribution in [2.75, 3.05) is 45.8 Å². The van der Waals surface area contributed by atoms with Gasteiger partial charge in [0.25, 0.3) is 0 Å². The summed E-state index contributed by atoms with van der Waals surface area (Å²) < 4.78 is 0. The molecular weight excluding hydrogens is 322 g/mol. The average molecular weight is 347 g/mol. The maximum atomic E-state index is 12.3. The van der Waals surface area contributed by atoms with Gasteiger partial charge in [-0.05, 0) is 42.9 Å². The molecule has 2 saturated heterocycles. The third kappa shape index (κ3) is 4.24. The third-order valence-electron chi connectivity index (χ3n) is 4.78. The number of amides is 2. The maximum absolute atomic E-state index is 12.3. The van der Waals surface area contributed by atoms with Crippen molar-refractivity contribution < 1.29 is 9.59 Å². The van der Waals surface area contributed by atoms with Gasteiger partial charge in [-0.1, -0.05) is 0 Å². The summed E-state index contributed by atoms with van der Waals surface area (Å²) in [5.41, 5.74) is 1.20. The highest BCUT2D eigenvalue weighted by atomic mass is 32.1. The second-order valence-electron chi connectivity index (χ2n) is 6.49. The van der Waals surface area contributed by atoms with Gasteiger partial charge in [0.15, 0.2) is 0 Å². The van der Waals surface area contributed by atoms with Gasteiger partial charge in [0.1, 0.15) is 0 Å². The molecule has 130 valence electrons. The van der Waals surface area contributed by atoms with Crippen molar-refractivity contribution in [2.24, 2.45) is 0 Å². The zero-order valence-corrected chi connectivity index (χ0v) is 15.1. The van der Waals surface area contributed by atoms with E-state index in [0.717, 1.165) is 43.9 Å². The van der Waals surface area contributed by atoms with E-state index < -0.39 is 0 Å². The van der Waals surface area contributed by atoms with Crippen LogP contribution in [0.5, 0.6) is 0 Å². The maximum Gasteiger partial charge on any atom is 0.246 e. The standard InChI is InChI=1S/C18H25N3O2S/c1-15-6-13-24-16(15)4-5-17(22)21-11-9-19(10-12-21)14-18(23)20-7-2-3-8-20/h4-6,13H,2-3,7-12,14H2,1H3. The molecule has 0 aromatic carbocycles. The first kappa shape index (κ1) is 17.2. The fourth-order valence-corrected chi connectivity index (χ4v) is 4.01. The molecule has 0 saturated carbocycles. The largest absolute Gasteiger partial charge is 0.342 e. The van der Waals surface area contributed by atoms with Crippen molar-refractivity contribution in [3.8, 4) is 0 Å². The number of hydrogen-bond donors (Lipinski definition) is 0. The summed E-state index contributed by atoms with van der Waals surface area (Å²) in [5.74, 6) is 0.300. The lowest BCUT2D eigenvalue weighted by molar-refractivity contribution is -0.132. The molecule has 24 heavy (non-hydrogen) atoms. The van der Waals surface area contributed by atoms with Gasteiger partial charge in [-0.3, -0.25) is 14.5 Å². The quantitative estimate of drug-likeness (QED) is 0.781. The van der Waals surface area contributed by atoms with Gasteiger partial charge >= 0.3 is 0 Å².